The number of nitrogens with one attached hydrogen (secondary N) is 2. The Balaban J connectivity index is 1.47. The molecule has 1 aliphatic carbocycles. The van der Waals surface area contributed by atoms with Gasteiger partial charge in [-0.2, -0.15) is 0 Å². The molecule has 3 amide bonds. The second-order valence-corrected chi connectivity index (χ2v) is 8.57. The fourth-order valence-corrected chi connectivity index (χ4v) is 4.78. The van der Waals surface area contributed by atoms with E-state index in [9.17, 15) is 14.4 Å². The Labute approximate surface area is 177 Å². The maximum Gasteiger partial charge on any atom is 0.255 e. The molecule has 2 N–H and O–H groups in total. The van der Waals surface area contributed by atoms with E-state index in [1.54, 1.807) is 4.90 Å². The maximum atomic E-state index is 12.9. The molecule has 0 aromatic heterocycles. The van der Waals surface area contributed by atoms with Crippen molar-refractivity contribution in [3.8, 4) is 5.75 Å². The van der Waals surface area contributed by atoms with E-state index in [-0.39, 0.29) is 30.2 Å². The molecule has 162 valence electrons. The predicted octanol–water partition coefficient (Wildman–Crippen LogP) is 2.53. The number of hydrogen-bond acceptors (Lipinski definition) is 5. The summed E-state index contributed by atoms with van der Waals surface area (Å²) in [7, 11) is 0. The Morgan fingerprint density at radius 2 is 1.97 bits per heavy atom. The third-order valence-electron chi connectivity index (χ3n) is 6.39. The van der Waals surface area contributed by atoms with Crippen LogP contribution in [0, 0.1) is 0 Å². The fraction of sp³-hybridized carbons (Fsp3) is 0.609. The summed E-state index contributed by atoms with van der Waals surface area (Å²) in [6.45, 7) is 3.54. The Hall–Kier alpha value is -2.41. The molecule has 2 heterocycles. The number of hydrogen-bond donors (Lipinski definition) is 2. The van der Waals surface area contributed by atoms with Crippen LogP contribution < -0.4 is 15.4 Å². The van der Waals surface area contributed by atoms with Gasteiger partial charge in [-0.25, -0.2) is 0 Å². The first kappa shape index (κ1) is 20.8. The summed E-state index contributed by atoms with van der Waals surface area (Å²) >= 11 is 0. The van der Waals surface area contributed by atoms with Crippen LogP contribution in [-0.4, -0.2) is 47.4 Å². The number of rotatable bonds is 6. The van der Waals surface area contributed by atoms with Gasteiger partial charge < -0.3 is 15.0 Å². The molecule has 30 heavy (non-hydrogen) atoms. The smallest absolute Gasteiger partial charge is 0.255 e. The lowest BCUT2D eigenvalue weighted by molar-refractivity contribution is -0.136. The van der Waals surface area contributed by atoms with Crippen molar-refractivity contribution in [3.63, 3.8) is 0 Å². The van der Waals surface area contributed by atoms with Gasteiger partial charge in [0.05, 0.1) is 0 Å². The fourth-order valence-electron chi connectivity index (χ4n) is 4.78. The van der Waals surface area contributed by atoms with Crippen molar-refractivity contribution in [1.82, 2.24) is 15.5 Å². The molecule has 1 aromatic rings. The number of benzene rings is 1. The number of carbonyl (C=O) groups is 3. The molecule has 0 radical (unpaired) electrons. The van der Waals surface area contributed by atoms with Crippen molar-refractivity contribution >= 4 is 17.7 Å². The highest BCUT2D eigenvalue weighted by atomic mass is 16.5. The Morgan fingerprint density at radius 3 is 2.77 bits per heavy atom. The minimum Gasteiger partial charge on any atom is -0.489 e. The molecule has 1 aromatic carbocycles. The minimum atomic E-state index is -0.587. The van der Waals surface area contributed by atoms with Gasteiger partial charge >= 0.3 is 0 Å². The van der Waals surface area contributed by atoms with Crippen molar-refractivity contribution in [3.05, 3.63) is 29.3 Å². The molecule has 1 saturated heterocycles. The van der Waals surface area contributed by atoms with Crippen molar-refractivity contribution in [2.24, 2.45) is 0 Å². The van der Waals surface area contributed by atoms with Crippen LogP contribution in [0.4, 0.5) is 0 Å². The lowest BCUT2D eigenvalue weighted by atomic mass is 10.0. The van der Waals surface area contributed by atoms with Gasteiger partial charge in [0, 0.05) is 24.6 Å². The van der Waals surface area contributed by atoms with E-state index >= 15 is 0 Å². The van der Waals surface area contributed by atoms with E-state index < -0.39 is 6.04 Å². The number of amides is 3. The van der Waals surface area contributed by atoms with Crippen molar-refractivity contribution in [2.75, 3.05) is 6.54 Å². The second-order valence-electron chi connectivity index (χ2n) is 8.57. The summed E-state index contributed by atoms with van der Waals surface area (Å²) in [6.07, 6.45) is 7.64. The summed E-state index contributed by atoms with van der Waals surface area (Å²) in [5.41, 5.74) is 1.50. The Morgan fingerprint density at radius 1 is 1.13 bits per heavy atom. The van der Waals surface area contributed by atoms with E-state index in [1.165, 1.54) is 19.3 Å². The van der Waals surface area contributed by atoms with Crippen LogP contribution in [0.15, 0.2) is 18.2 Å². The van der Waals surface area contributed by atoms with E-state index in [0.29, 0.717) is 24.6 Å². The molecule has 1 unspecified atom stereocenters. The van der Waals surface area contributed by atoms with Crippen LogP contribution in [0.3, 0.4) is 0 Å². The molecule has 0 bridgehead atoms. The van der Waals surface area contributed by atoms with Gasteiger partial charge in [-0.05, 0) is 62.4 Å². The highest BCUT2D eigenvalue weighted by Crippen LogP contribution is 2.31. The molecular formula is C23H31N3O4. The zero-order valence-electron chi connectivity index (χ0n) is 17.6. The average Bonchev–Trinajstić information content (AvgIpc) is 2.89. The Kier molecular flexibility index (Phi) is 6.37. The van der Waals surface area contributed by atoms with Gasteiger partial charge in [0.15, 0.2) is 0 Å². The van der Waals surface area contributed by atoms with Gasteiger partial charge in [0.25, 0.3) is 5.91 Å². The summed E-state index contributed by atoms with van der Waals surface area (Å²) in [5.74, 6) is -0.0252. The largest absolute Gasteiger partial charge is 0.489 e. The summed E-state index contributed by atoms with van der Waals surface area (Å²) < 4.78 is 6.41. The van der Waals surface area contributed by atoms with E-state index in [0.717, 1.165) is 37.1 Å². The topological polar surface area (TPSA) is 87.7 Å². The zero-order chi connectivity index (χ0) is 21.1. The number of carbonyl (C=O) groups excluding carboxylic acids is 3. The number of fused-ring (bicyclic) bond motifs is 1. The molecule has 2 aliphatic heterocycles. The quantitative estimate of drug-likeness (QED) is 0.553. The molecule has 7 nitrogen and oxygen atoms in total. The second kappa shape index (κ2) is 9.16. The summed E-state index contributed by atoms with van der Waals surface area (Å²) in [6, 6.07) is 5.39. The van der Waals surface area contributed by atoms with E-state index in [2.05, 4.69) is 17.6 Å². The molecule has 1 saturated carbocycles. The molecular weight excluding hydrogens is 382 g/mol. The van der Waals surface area contributed by atoms with Gasteiger partial charge in [-0.1, -0.05) is 19.8 Å². The number of imide groups is 1. The molecule has 7 heteroatoms. The zero-order valence-corrected chi connectivity index (χ0v) is 17.6. The van der Waals surface area contributed by atoms with E-state index in [1.807, 2.05) is 18.2 Å². The van der Waals surface area contributed by atoms with Crippen LogP contribution >= 0.6 is 0 Å². The standard InChI is InChI=1S/C23H31N3O4/c1-2-12-24-18-6-4-3-5-7-20(18)30-16-8-9-17-15(13-16)14-26(23(17)29)19-10-11-21(27)25-22(19)28/h8-9,13,18-20,24H,2-7,10-12,14H2,1H3,(H,25,27,28)/t18-,19?,20-/m1/s1. The highest BCUT2D eigenvalue weighted by molar-refractivity contribution is 6.05. The van der Waals surface area contributed by atoms with Crippen LogP contribution in [0.25, 0.3) is 0 Å². The highest BCUT2D eigenvalue weighted by Gasteiger charge is 2.39. The first-order valence-electron chi connectivity index (χ1n) is 11.2. The molecule has 2 fully saturated rings. The number of ether oxygens (including phenoxy) is 1. The van der Waals surface area contributed by atoms with Gasteiger partial charge in [-0.3, -0.25) is 19.7 Å². The monoisotopic (exact) mass is 413 g/mol. The van der Waals surface area contributed by atoms with Gasteiger partial charge in [-0.15, -0.1) is 0 Å². The number of nitrogens with zero attached hydrogens (tertiary/aromatic N) is 1. The van der Waals surface area contributed by atoms with Crippen molar-refractivity contribution in [2.45, 2.75) is 83.0 Å². The first-order valence-corrected chi connectivity index (χ1v) is 11.2. The molecule has 4 rings (SSSR count). The summed E-state index contributed by atoms with van der Waals surface area (Å²) in [4.78, 5) is 38.1. The minimum absolute atomic E-state index is 0.125. The normalized spacial score (nSPS) is 26.9. The molecule has 0 spiro atoms. The predicted molar refractivity (Wildman–Crippen MR) is 112 cm³/mol. The van der Waals surface area contributed by atoms with E-state index in [4.69, 9.17) is 4.74 Å². The van der Waals surface area contributed by atoms with Crippen molar-refractivity contribution < 1.29 is 19.1 Å². The van der Waals surface area contributed by atoms with Crippen LogP contribution in [0.2, 0.25) is 0 Å². The first-order chi connectivity index (χ1) is 14.6. The van der Waals surface area contributed by atoms with Crippen LogP contribution in [0.1, 0.15) is 74.2 Å². The third-order valence-corrected chi connectivity index (χ3v) is 6.39. The van der Waals surface area contributed by atoms with Crippen LogP contribution in [0.5, 0.6) is 5.75 Å². The van der Waals surface area contributed by atoms with Gasteiger partial charge in [0.1, 0.15) is 17.9 Å². The summed E-state index contributed by atoms with van der Waals surface area (Å²) in [5, 5.41) is 5.98. The van der Waals surface area contributed by atoms with Gasteiger partial charge in [0.2, 0.25) is 11.8 Å². The SMILES string of the molecule is CCCN[C@@H]1CCCCC[C@H]1Oc1ccc2c(c1)CN(C1CCC(=O)NC1=O)C2=O. The maximum absolute atomic E-state index is 12.9. The van der Waals surface area contributed by atoms with Crippen LogP contribution in [-0.2, 0) is 16.1 Å². The third kappa shape index (κ3) is 4.36. The molecule has 3 aliphatic rings. The molecule has 3 atom stereocenters. The lowest BCUT2D eigenvalue weighted by Gasteiger charge is -2.29. The number of piperidine rings is 1. The average molecular weight is 414 g/mol. The van der Waals surface area contributed by atoms with Crippen molar-refractivity contribution in [1.29, 1.82) is 0 Å². The lowest BCUT2D eigenvalue weighted by Crippen LogP contribution is -2.52. The Bertz CT molecular complexity index is 825.